The molecule has 2 aliphatic rings. The van der Waals surface area contributed by atoms with E-state index in [1.807, 2.05) is 4.90 Å². The number of esters is 1. The number of hydrogen-bond acceptors (Lipinski definition) is 8. The van der Waals surface area contributed by atoms with Crippen LogP contribution in [0.2, 0.25) is 0 Å². The second-order valence-corrected chi connectivity index (χ2v) is 8.22. The van der Waals surface area contributed by atoms with E-state index >= 15 is 0 Å². The molecule has 0 aromatic carbocycles. The molecule has 158 valence electrons. The Hall–Kier alpha value is -1.36. The van der Waals surface area contributed by atoms with Gasteiger partial charge in [0.15, 0.2) is 5.13 Å². The molecule has 1 saturated heterocycles. The number of thiazole rings is 1. The summed E-state index contributed by atoms with van der Waals surface area (Å²) in [5.74, 6) is -0.451. The maximum Gasteiger partial charge on any atom is 0.349 e. The lowest BCUT2D eigenvalue weighted by atomic mass is 9.92. The lowest BCUT2D eigenvalue weighted by Crippen LogP contribution is -2.42. The molecule has 1 aromatic heterocycles. The number of methoxy groups -OCH3 is 2. The van der Waals surface area contributed by atoms with Crippen LogP contribution in [0.1, 0.15) is 41.8 Å². The summed E-state index contributed by atoms with van der Waals surface area (Å²) >= 11 is 1.21. The highest BCUT2D eigenvalue weighted by Gasteiger charge is 2.36. The molecule has 0 spiro atoms. The van der Waals surface area contributed by atoms with E-state index in [2.05, 4.69) is 15.0 Å². The number of rotatable bonds is 8. The number of anilines is 1. The molecular weight excluding hydrogens is 392 g/mol. The highest BCUT2D eigenvalue weighted by atomic mass is 32.1. The van der Waals surface area contributed by atoms with Crippen LogP contribution in [0.15, 0.2) is 6.20 Å². The largest absolute Gasteiger partial charge is 0.465 e. The zero-order valence-electron chi connectivity index (χ0n) is 16.1. The number of alkyl halides is 2. The zero-order valence-corrected chi connectivity index (χ0v) is 16.9. The molecule has 28 heavy (non-hydrogen) atoms. The smallest absolute Gasteiger partial charge is 0.349 e. The molecule has 1 saturated carbocycles. The van der Waals surface area contributed by atoms with Crippen LogP contribution in [0.25, 0.3) is 0 Å². The maximum atomic E-state index is 12.6. The van der Waals surface area contributed by atoms with Crippen LogP contribution in [0.4, 0.5) is 13.9 Å². The molecule has 1 N–H and O–H groups in total. The van der Waals surface area contributed by atoms with Gasteiger partial charge < -0.3 is 24.4 Å². The van der Waals surface area contributed by atoms with Crippen molar-refractivity contribution < 1.29 is 27.8 Å². The standard InChI is InChI=1S/C18H27F2N3O4S/c1-25-14-5-3-11(4-6-14)22-12-7-13(10-27-17(19)20)23(9-12)18-21-8-15(28-18)16(24)26-2/h8,11-14,17,22H,3-7,9-10H2,1-2H3. The summed E-state index contributed by atoms with van der Waals surface area (Å²) < 4.78 is 39.9. The second kappa shape index (κ2) is 9.91. The molecule has 2 fully saturated rings. The first kappa shape index (κ1) is 21.4. The minimum atomic E-state index is -2.81. The summed E-state index contributed by atoms with van der Waals surface area (Å²) in [5.41, 5.74) is 0. The lowest BCUT2D eigenvalue weighted by molar-refractivity contribution is -0.131. The van der Waals surface area contributed by atoms with Crippen LogP contribution < -0.4 is 10.2 Å². The van der Waals surface area contributed by atoms with Crippen molar-refractivity contribution in [2.24, 2.45) is 0 Å². The fourth-order valence-corrected chi connectivity index (χ4v) is 4.92. The molecule has 1 aliphatic heterocycles. The van der Waals surface area contributed by atoms with Crippen molar-refractivity contribution in [3.63, 3.8) is 0 Å². The Morgan fingerprint density at radius 3 is 2.71 bits per heavy atom. The summed E-state index contributed by atoms with van der Waals surface area (Å²) in [5, 5.41) is 4.29. The van der Waals surface area contributed by atoms with Crippen LogP contribution in [-0.2, 0) is 14.2 Å². The predicted molar refractivity (Wildman–Crippen MR) is 101 cm³/mol. The van der Waals surface area contributed by atoms with Gasteiger partial charge in [0.2, 0.25) is 0 Å². The van der Waals surface area contributed by atoms with E-state index in [1.54, 1.807) is 7.11 Å². The van der Waals surface area contributed by atoms with Gasteiger partial charge in [0.25, 0.3) is 0 Å². The van der Waals surface area contributed by atoms with Gasteiger partial charge in [-0.15, -0.1) is 0 Å². The Balaban J connectivity index is 1.63. The van der Waals surface area contributed by atoms with Crippen LogP contribution in [-0.4, -0.2) is 69.2 Å². The number of hydrogen-bond donors (Lipinski definition) is 1. The van der Waals surface area contributed by atoms with E-state index in [-0.39, 0.29) is 18.7 Å². The number of carbonyl (C=O) groups excluding carboxylic acids is 1. The summed E-state index contributed by atoms with van der Waals surface area (Å²) in [6, 6.07) is 0.328. The lowest BCUT2D eigenvalue weighted by Gasteiger charge is -2.30. The molecule has 0 amide bonds. The van der Waals surface area contributed by atoms with Gasteiger partial charge in [-0.05, 0) is 32.1 Å². The van der Waals surface area contributed by atoms with Gasteiger partial charge in [-0.3, -0.25) is 0 Å². The van der Waals surface area contributed by atoms with Crippen LogP contribution in [0.3, 0.4) is 0 Å². The average molecular weight is 419 g/mol. The molecule has 0 bridgehead atoms. The molecule has 2 heterocycles. The molecule has 2 atom stereocenters. The van der Waals surface area contributed by atoms with Crippen LogP contribution in [0, 0.1) is 0 Å². The molecule has 1 aliphatic carbocycles. The third-order valence-corrected chi connectivity index (χ3v) is 6.45. The first-order valence-electron chi connectivity index (χ1n) is 9.49. The number of carbonyl (C=O) groups is 1. The van der Waals surface area contributed by atoms with Crippen molar-refractivity contribution in [3.05, 3.63) is 11.1 Å². The highest BCUT2D eigenvalue weighted by molar-refractivity contribution is 7.17. The number of ether oxygens (including phenoxy) is 3. The number of nitrogens with one attached hydrogen (secondary N) is 1. The van der Waals surface area contributed by atoms with E-state index < -0.39 is 12.6 Å². The molecule has 2 unspecified atom stereocenters. The van der Waals surface area contributed by atoms with Gasteiger partial charge in [0, 0.05) is 25.7 Å². The Morgan fingerprint density at radius 2 is 2.07 bits per heavy atom. The van der Waals surface area contributed by atoms with Gasteiger partial charge in [-0.2, -0.15) is 8.78 Å². The summed E-state index contributed by atoms with van der Waals surface area (Å²) in [4.78, 5) is 18.3. The van der Waals surface area contributed by atoms with Crippen molar-refractivity contribution in [2.75, 3.05) is 32.3 Å². The Labute approximate surface area is 167 Å². The summed E-state index contributed by atoms with van der Waals surface area (Å²) in [7, 11) is 3.06. The van der Waals surface area contributed by atoms with Crippen molar-refractivity contribution in [1.29, 1.82) is 0 Å². The van der Waals surface area contributed by atoms with Gasteiger partial charge in [-0.25, -0.2) is 9.78 Å². The van der Waals surface area contributed by atoms with Crippen molar-refractivity contribution in [2.45, 2.75) is 62.9 Å². The molecular formula is C18H27F2N3O4S. The van der Waals surface area contributed by atoms with Crippen LogP contribution >= 0.6 is 11.3 Å². The van der Waals surface area contributed by atoms with E-state index in [1.165, 1.54) is 24.6 Å². The fraction of sp³-hybridized carbons (Fsp3) is 0.778. The Bertz CT molecular complexity index is 640. The monoisotopic (exact) mass is 419 g/mol. The molecule has 10 heteroatoms. The first-order chi connectivity index (χ1) is 13.5. The molecule has 7 nitrogen and oxygen atoms in total. The summed E-state index contributed by atoms with van der Waals surface area (Å²) in [6.07, 6.45) is 6.61. The Kier molecular flexibility index (Phi) is 7.55. The van der Waals surface area contributed by atoms with E-state index in [4.69, 9.17) is 9.47 Å². The minimum Gasteiger partial charge on any atom is -0.465 e. The van der Waals surface area contributed by atoms with Crippen molar-refractivity contribution in [1.82, 2.24) is 10.3 Å². The SMILES string of the molecule is COC(=O)c1cnc(N2CC(NC3CCC(OC)CC3)CC2COC(F)F)s1. The van der Waals surface area contributed by atoms with E-state index in [0.29, 0.717) is 35.1 Å². The molecule has 1 aromatic rings. The highest BCUT2D eigenvalue weighted by Crippen LogP contribution is 2.31. The summed E-state index contributed by atoms with van der Waals surface area (Å²) in [6.45, 7) is -2.25. The molecule has 3 rings (SSSR count). The third-order valence-electron chi connectivity index (χ3n) is 5.43. The fourth-order valence-electron chi connectivity index (χ4n) is 4.00. The van der Waals surface area contributed by atoms with Gasteiger partial charge in [-0.1, -0.05) is 11.3 Å². The third kappa shape index (κ3) is 5.37. The maximum absolute atomic E-state index is 12.6. The van der Waals surface area contributed by atoms with E-state index in [9.17, 15) is 13.6 Å². The van der Waals surface area contributed by atoms with E-state index in [0.717, 1.165) is 25.7 Å². The first-order valence-corrected chi connectivity index (χ1v) is 10.3. The quantitative estimate of drug-likeness (QED) is 0.650. The minimum absolute atomic E-state index is 0.0839. The predicted octanol–water partition coefficient (Wildman–Crippen LogP) is 2.66. The topological polar surface area (TPSA) is 72.9 Å². The van der Waals surface area contributed by atoms with Gasteiger partial charge >= 0.3 is 12.6 Å². The number of aromatic nitrogens is 1. The Morgan fingerprint density at radius 1 is 1.32 bits per heavy atom. The normalized spacial score (nSPS) is 28.1. The van der Waals surface area contributed by atoms with Crippen molar-refractivity contribution in [3.8, 4) is 0 Å². The van der Waals surface area contributed by atoms with Crippen LogP contribution in [0.5, 0.6) is 0 Å². The number of halogens is 2. The van der Waals surface area contributed by atoms with Gasteiger partial charge in [0.05, 0.1) is 32.1 Å². The average Bonchev–Trinajstić information content (AvgIpc) is 3.33. The van der Waals surface area contributed by atoms with Gasteiger partial charge in [0.1, 0.15) is 4.88 Å². The zero-order chi connectivity index (χ0) is 20.1. The van der Waals surface area contributed by atoms with Crippen molar-refractivity contribution >= 4 is 22.4 Å². The second-order valence-electron chi connectivity index (χ2n) is 7.21. The molecule has 0 radical (unpaired) electrons. The number of nitrogens with zero attached hydrogens (tertiary/aromatic N) is 2.